The van der Waals surface area contributed by atoms with Crippen molar-refractivity contribution in [3.63, 3.8) is 0 Å². The maximum atomic E-state index is 13.0. The Morgan fingerprint density at radius 3 is 2.67 bits per heavy atom. The van der Waals surface area contributed by atoms with Gasteiger partial charge in [0.1, 0.15) is 6.04 Å². The molecule has 4 rings (SSSR count). The van der Waals surface area contributed by atoms with Crippen LogP contribution in [0.15, 0.2) is 54.3 Å². The van der Waals surface area contributed by atoms with Crippen molar-refractivity contribution in [2.45, 2.75) is 31.8 Å². The fourth-order valence-electron chi connectivity index (χ4n) is 4.91. The number of hydrogen-bond donors (Lipinski definition) is 0. The third-order valence-corrected chi connectivity index (χ3v) is 6.32. The lowest BCUT2D eigenvalue weighted by molar-refractivity contribution is -0.147. The molecule has 0 N–H and O–H groups in total. The maximum absolute atomic E-state index is 13.0. The molecular weight excluding hydrogens is 424 g/mol. The second-order valence-electron chi connectivity index (χ2n) is 8.24. The molecule has 0 fully saturated rings. The molecule has 8 heteroatoms. The molecule has 2 bridgehead atoms. The molecule has 0 aliphatic carbocycles. The Bertz CT molecular complexity index is 1130. The molecule has 0 unspecified atom stereocenters. The number of allylic oxidation sites excluding steroid dienone is 2. The van der Waals surface area contributed by atoms with Gasteiger partial charge < -0.3 is 23.7 Å². The highest BCUT2D eigenvalue weighted by Gasteiger charge is 2.45. The highest BCUT2D eigenvalue weighted by Crippen LogP contribution is 2.49. The Labute approximate surface area is 192 Å². The van der Waals surface area contributed by atoms with Gasteiger partial charge in [0.2, 0.25) is 0 Å². The van der Waals surface area contributed by atoms with Gasteiger partial charge in [-0.15, -0.1) is 0 Å². The summed E-state index contributed by atoms with van der Waals surface area (Å²) in [4.78, 5) is 38.2. The zero-order valence-electron chi connectivity index (χ0n) is 19.0. The summed E-state index contributed by atoms with van der Waals surface area (Å²) in [6, 6.07) is 9.61. The van der Waals surface area contributed by atoms with Crippen LogP contribution in [0.3, 0.4) is 0 Å². The number of hydrogen-bond acceptors (Lipinski definition) is 7. The Kier molecular flexibility index (Phi) is 6.53. The summed E-state index contributed by atoms with van der Waals surface area (Å²) in [7, 11) is 2.73. The molecule has 0 saturated heterocycles. The van der Waals surface area contributed by atoms with E-state index in [0.717, 1.165) is 22.2 Å². The largest absolute Gasteiger partial charge is 0.467 e. The number of ether oxygens (including phenoxy) is 3. The first kappa shape index (κ1) is 22.6. The van der Waals surface area contributed by atoms with Crippen LogP contribution in [0.2, 0.25) is 0 Å². The molecule has 174 valence electrons. The van der Waals surface area contributed by atoms with Gasteiger partial charge in [0.05, 0.1) is 26.9 Å². The lowest BCUT2D eigenvalue weighted by Gasteiger charge is -2.46. The smallest absolute Gasteiger partial charge is 0.330 e. The van der Waals surface area contributed by atoms with E-state index < -0.39 is 12.0 Å². The minimum Gasteiger partial charge on any atom is -0.467 e. The number of methoxy groups -OCH3 is 2. The second-order valence-corrected chi connectivity index (χ2v) is 8.24. The van der Waals surface area contributed by atoms with Crippen molar-refractivity contribution in [1.82, 2.24) is 9.47 Å². The number of carbonyl (C=O) groups is 3. The average molecular weight is 453 g/mol. The normalized spacial score (nSPS) is 21.5. The minimum atomic E-state index is -0.544. The van der Waals surface area contributed by atoms with E-state index in [1.807, 2.05) is 30.5 Å². The van der Waals surface area contributed by atoms with Crippen LogP contribution in [0.4, 0.5) is 0 Å². The fourth-order valence-corrected chi connectivity index (χ4v) is 4.91. The van der Waals surface area contributed by atoms with Gasteiger partial charge in [-0.05, 0) is 42.0 Å². The molecule has 3 atom stereocenters. The van der Waals surface area contributed by atoms with Crippen LogP contribution in [0.5, 0.6) is 0 Å². The summed E-state index contributed by atoms with van der Waals surface area (Å²) in [6.07, 6.45) is 6.45. The predicted molar refractivity (Wildman–Crippen MR) is 121 cm³/mol. The van der Waals surface area contributed by atoms with Gasteiger partial charge in [-0.1, -0.05) is 18.2 Å². The predicted octanol–water partition coefficient (Wildman–Crippen LogP) is 3.30. The van der Waals surface area contributed by atoms with Crippen LogP contribution in [-0.2, 0) is 28.6 Å². The first-order valence-corrected chi connectivity index (χ1v) is 11.0. The van der Waals surface area contributed by atoms with Crippen LogP contribution < -0.4 is 0 Å². The van der Waals surface area contributed by atoms with Crippen molar-refractivity contribution in [3.05, 3.63) is 60.0 Å². The Balaban J connectivity index is 1.78. The molecule has 0 radical (unpaired) electrons. The third kappa shape index (κ3) is 4.37. The molecule has 2 aliphatic heterocycles. The van der Waals surface area contributed by atoms with Crippen molar-refractivity contribution in [1.29, 1.82) is 0 Å². The zero-order valence-corrected chi connectivity index (χ0v) is 19.0. The SMILES string of the molecule is COC(=O)/C=C/C1=CN(CCCOC(C)=O)[C@H]2C[C@@H]1[C@@H](C(=O)OC)n1c2cc2ccccc21. The zero-order chi connectivity index (χ0) is 23.5. The Morgan fingerprint density at radius 1 is 1.15 bits per heavy atom. The summed E-state index contributed by atoms with van der Waals surface area (Å²) >= 11 is 0. The van der Waals surface area contributed by atoms with E-state index in [-0.39, 0.29) is 23.9 Å². The molecule has 1 aromatic carbocycles. The van der Waals surface area contributed by atoms with Gasteiger partial charge in [-0.2, -0.15) is 0 Å². The number of aromatic nitrogens is 1. The number of esters is 3. The quantitative estimate of drug-likeness (QED) is 0.276. The highest BCUT2D eigenvalue weighted by atomic mass is 16.5. The topological polar surface area (TPSA) is 87.1 Å². The van der Waals surface area contributed by atoms with Crippen LogP contribution >= 0.6 is 0 Å². The number of para-hydroxylation sites is 1. The van der Waals surface area contributed by atoms with Crippen molar-refractivity contribution >= 4 is 28.8 Å². The summed E-state index contributed by atoms with van der Waals surface area (Å²) < 4.78 is 17.2. The molecule has 2 aromatic rings. The number of rotatable bonds is 7. The lowest BCUT2D eigenvalue weighted by Crippen LogP contribution is -2.43. The van der Waals surface area contributed by atoms with Crippen LogP contribution in [0, 0.1) is 5.92 Å². The number of carbonyl (C=O) groups excluding carboxylic acids is 3. The average Bonchev–Trinajstić information content (AvgIpc) is 3.20. The molecular formula is C25H28N2O6. The summed E-state index contributed by atoms with van der Waals surface area (Å²) in [5.74, 6) is -1.25. The molecule has 2 aliphatic rings. The number of benzene rings is 1. The van der Waals surface area contributed by atoms with Crippen LogP contribution in [0.1, 0.15) is 37.5 Å². The first-order valence-electron chi connectivity index (χ1n) is 11.0. The molecule has 1 aromatic heterocycles. The number of fused-ring (bicyclic) bond motifs is 6. The lowest BCUT2D eigenvalue weighted by atomic mass is 9.78. The van der Waals surface area contributed by atoms with Gasteiger partial charge in [0, 0.05) is 42.9 Å². The molecule has 33 heavy (non-hydrogen) atoms. The van der Waals surface area contributed by atoms with Gasteiger partial charge in [-0.25, -0.2) is 9.59 Å². The van der Waals surface area contributed by atoms with Crippen molar-refractivity contribution in [3.8, 4) is 0 Å². The molecule has 0 amide bonds. The Morgan fingerprint density at radius 2 is 1.94 bits per heavy atom. The Hall–Kier alpha value is -3.55. The van der Waals surface area contributed by atoms with E-state index in [0.29, 0.717) is 26.0 Å². The summed E-state index contributed by atoms with van der Waals surface area (Å²) in [5.41, 5.74) is 2.86. The van der Waals surface area contributed by atoms with Crippen molar-refractivity contribution < 1.29 is 28.6 Å². The van der Waals surface area contributed by atoms with E-state index >= 15 is 0 Å². The van der Waals surface area contributed by atoms with Crippen LogP contribution in [-0.4, -0.2) is 54.7 Å². The van der Waals surface area contributed by atoms with Gasteiger partial charge in [-0.3, -0.25) is 4.79 Å². The molecule has 0 spiro atoms. The highest BCUT2D eigenvalue weighted by molar-refractivity contribution is 5.86. The third-order valence-electron chi connectivity index (χ3n) is 6.32. The van der Waals surface area contributed by atoms with E-state index in [2.05, 4.69) is 15.5 Å². The molecule has 8 nitrogen and oxygen atoms in total. The van der Waals surface area contributed by atoms with E-state index in [1.54, 1.807) is 6.08 Å². The molecule has 3 heterocycles. The second kappa shape index (κ2) is 9.52. The number of nitrogens with zero attached hydrogens (tertiary/aromatic N) is 2. The fraction of sp³-hybridized carbons (Fsp3) is 0.400. The van der Waals surface area contributed by atoms with E-state index in [1.165, 1.54) is 27.2 Å². The van der Waals surface area contributed by atoms with E-state index in [9.17, 15) is 14.4 Å². The monoisotopic (exact) mass is 452 g/mol. The van der Waals surface area contributed by atoms with Crippen molar-refractivity contribution in [2.24, 2.45) is 5.92 Å². The summed E-state index contributed by atoms with van der Waals surface area (Å²) in [5, 5.41) is 1.06. The molecule has 0 saturated carbocycles. The van der Waals surface area contributed by atoms with Crippen molar-refractivity contribution in [2.75, 3.05) is 27.4 Å². The minimum absolute atomic E-state index is 0.0379. The maximum Gasteiger partial charge on any atom is 0.330 e. The van der Waals surface area contributed by atoms with Gasteiger partial charge in [0.15, 0.2) is 0 Å². The van der Waals surface area contributed by atoms with Crippen LogP contribution in [0.25, 0.3) is 10.9 Å². The van der Waals surface area contributed by atoms with Gasteiger partial charge >= 0.3 is 17.9 Å². The summed E-state index contributed by atoms with van der Waals surface area (Å²) in [6.45, 7) is 2.38. The first-order chi connectivity index (χ1) is 15.9. The van der Waals surface area contributed by atoms with E-state index in [4.69, 9.17) is 14.2 Å². The standard InChI is InChI=1S/C25H28N2O6/c1-16(28)33-12-6-11-26-15-18(9-10-23(29)31-2)19-14-21(26)22-13-17-7-4-5-8-20(17)27(22)24(19)25(30)32-3/h4-5,7-10,13,15,19,21,24H,6,11-12,14H2,1-3H3/b10-9+/t19-,21-,24-/m0/s1. The van der Waals surface area contributed by atoms with Gasteiger partial charge in [0.25, 0.3) is 0 Å².